The molecule has 0 aliphatic heterocycles. The third-order valence-corrected chi connectivity index (χ3v) is 4.29. The summed E-state index contributed by atoms with van der Waals surface area (Å²) < 4.78 is 1.98. The minimum absolute atomic E-state index is 0.108. The third kappa shape index (κ3) is 3.23. The molecule has 0 aliphatic carbocycles. The molecule has 0 aliphatic rings. The first-order chi connectivity index (χ1) is 10.6. The Morgan fingerprint density at radius 1 is 1.36 bits per heavy atom. The van der Waals surface area contributed by atoms with E-state index in [0.717, 1.165) is 28.5 Å². The molecule has 3 rings (SSSR count). The van der Waals surface area contributed by atoms with Crippen molar-refractivity contribution >= 4 is 22.9 Å². The van der Waals surface area contributed by atoms with Crippen LogP contribution >= 0.6 is 11.3 Å². The fourth-order valence-electron chi connectivity index (χ4n) is 2.27. The fraction of sp³-hybridized carbons (Fsp3) is 0.188. The average Bonchev–Trinajstić information content (AvgIpc) is 3.09. The molecule has 0 atom stereocenters. The summed E-state index contributed by atoms with van der Waals surface area (Å²) in [6.07, 6.45) is 5.43. The summed E-state index contributed by atoms with van der Waals surface area (Å²) in [5, 5.41) is 3.84. The Balaban J connectivity index is 1.75. The van der Waals surface area contributed by atoms with Gasteiger partial charge >= 0.3 is 0 Å². The Morgan fingerprint density at radius 3 is 2.91 bits per heavy atom. The summed E-state index contributed by atoms with van der Waals surface area (Å²) in [6, 6.07) is 7.82. The van der Waals surface area contributed by atoms with Gasteiger partial charge in [-0.2, -0.15) is 0 Å². The van der Waals surface area contributed by atoms with Crippen LogP contribution in [0.3, 0.4) is 0 Å². The molecule has 0 saturated heterocycles. The van der Waals surface area contributed by atoms with Crippen molar-refractivity contribution in [3.63, 3.8) is 0 Å². The van der Waals surface area contributed by atoms with Crippen LogP contribution in [0, 0.1) is 13.8 Å². The van der Waals surface area contributed by atoms with Gasteiger partial charge in [-0.25, -0.2) is 9.97 Å². The van der Waals surface area contributed by atoms with Crippen LogP contribution in [-0.2, 0) is 6.54 Å². The lowest BCUT2D eigenvalue weighted by atomic mass is 10.2. The van der Waals surface area contributed by atoms with Crippen molar-refractivity contribution in [2.24, 2.45) is 0 Å². The highest BCUT2D eigenvalue weighted by Crippen LogP contribution is 2.19. The standard InChI is InChI=1S/C16H16N4OS/c1-11-15(22-12(2)18-11)16(21)19-14-5-3-4-13(8-14)9-20-7-6-17-10-20/h3-8,10H,9H2,1-2H3,(H,19,21). The van der Waals surface area contributed by atoms with Crippen molar-refractivity contribution in [3.8, 4) is 0 Å². The zero-order chi connectivity index (χ0) is 15.5. The first kappa shape index (κ1) is 14.5. The van der Waals surface area contributed by atoms with Crippen LogP contribution in [0.4, 0.5) is 5.69 Å². The number of carbonyl (C=O) groups is 1. The number of nitrogens with zero attached hydrogens (tertiary/aromatic N) is 3. The predicted molar refractivity (Wildman–Crippen MR) is 87.3 cm³/mol. The Labute approximate surface area is 132 Å². The number of benzene rings is 1. The van der Waals surface area contributed by atoms with E-state index >= 15 is 0 Å². The number of thiazole rings is 1. The number of aryl methyl sites for hydroxylation is 2. The van der Waals surface area contributed by atoms with Gasteiger partial charge in [0.25, 0.3) is 5.91 Å². The molecule has 0 bridgehead atoms. The quantitative estimate of drug-likeness (QED) is 0.804. The highest BCUT2D eigenvalue weighted by atomic mass is 32.1. The molecule has 0 fully saturated rings. The molecule has 2 heterocycles. The Kier molecular flexibility index (Phi) is 4.02. The van der Waals surface area contributed by atoms with Crippen LogP contribution in [0.15, 0.2) is 43.0 Å². The van der Waals surface area contributed by atoms with E-state index in [2.05, 4.69) is 15.3 Å². The summed E-state index contributed by atoms with van der Waals surface area (Å²) in [4.78, 5) is 21.3. The van der Waals surface area contributed by atoms with E-state index in [0.29, 0.717) is 4.88 Å². The largest absolute Gasteiger partial charge is 0.333 e. The number of hydrogen-bond donors (Lipinski definition) is 1. The van der Waals surface area contributed by atoms with Gasteiger partial charge in [0.05, 0.1) is 17.0 Å². The Bertz CT molecular complexity index is 792. The van der Waals surface area contributed by atoms with Crippen LogP contribution in [0.5, 0.6) is 0 Å². The highest BCUT2D eigenvalue weighted by molar-refractivity contribution is 7.13. The molecule has 22 heavy (non-hydrogen) atoms. The molecule has 3 aromatic rings. The zero-order valence-corrected chi connectivity index (χ0v) is 13.2. The summed E-state index contributed by atoms with van der Waals surface area (Å²) in [5.41, 5.74) is 2.66. The lowest BCUT2D eigenvalue weighted by Crippen LogP contribution is -2.11. The summed E-state index contributed by atoms with van der Waals surface area (Å²) in [7, 11) is 0. The molecule has 0 unspecified atom stereocenters. The van der Waals surface area contributed by atoms with Crippen LogP contribution in [0.25, 0.3) is 0 Å². The third-order valence-electron chi connectivity index (χ3n) is 3.22. The van der Waals surface area contributed by atoms with Crippen molar-refractivity contribution in [1.29, 1.82) is 0 Å². The predicted octanol–water partition coefficient (Wildman–Crippen LogP) is 3.26. The van der Waals surface area contributed by atoms with E-state index in [-0.39, 0.29) is 5.91 Å². The maximum Gasteiger partial charge on any atom is 0.267 e. The molecular weight excluding hydrogens is 296 g/mol. The van der Waals surface area contributed by atoms with Gasteiger partial charge in [0, 0.05) is 24.6 Å². The second-order valence-corrected chi connectivity index (χ2v) is 6.24. The van der Waals surface area contributed by atoms with Gasteiger partial charge in [-0.3, -0.25) is 4.79 Å². The topological polar surface area (TPSA) is 59.8 Å². The number of carbonyl (C=O) groups excluding carboxylic acids is 1. The minimum atomic E-state index is -0.108. The van der Waals surface area contributed by atoms with Crippen molar-refractivity contribution in [2.45, 2.75) is 20.4 Å². The average molecular weight is 312 g/mol. The van der Waals surface area contributed by atoms with E-state index in [9.17, 15) is 4.79 Å². The smallest absolute Gasteiger partial charge is 0.267 e. The van der Waals surface area contributed by atoms with Gasteiger partial charge in [0.2, 0.25) is 0 Å². The number of rotatable bonds is 4. The van der Waals surface area contributed by atoms with Gasteiger partial charge < -0.3 is 9.88 Å². The van der Waals surface area contributed by atoms with E-state index in [4.69, 9.17) is 0 Å². The van der Waals surface area contributed by atoms with Gasteiger partial charge in [-0.15, -0.1) is 11.3 Å². The lowest BCUT2D eigenvalue weighted by molar-refractivity contribution is 0.103. The van der Waals surface area contributed by atoms with Gasteiger partial charge in [0.15, 0.2) is 0 Å². The summed E-state index contributed by atoms with van der Waals surface area (Å²) in [5.74, 6) is -0.108. The van der Waals surface area contributed by atoms with Gasteiger partial charge in [-0.05, 0) is 31.5 Å². The molecule has 0 radical (unpaired) electrons. The molecule has 112 valence electrons. The van der Waals surface area contributed by atoms with Crippen LogP contribution in [-0.4, -0.2) is 20.4 Å². The van der Waals surface area contributed by atoms with Crippen LogP contribution < -0.4 is 5.32 Å². The van der Waals surface area contributed by atoms with E-state index < -0.39 is 0 Å². The molecule has 1 amide bonds. The number of amides is 1. The number of anilines is 1. The molecule has 0 spiro atoms. The normalized spacial score (nSPS) is 10.6. The summed E-state index contributed by atoms with van der Waals surface area (Å²) >= 11 is 1.41. The maximum atomic E-state index is 12.3. The van der Waals surface area contributed by atoms with Crippen molar-refractivity contribution in [3.05, 3.63) is 64.1 Å². The molecule has 5 nitrogen and oxygen atoms in total. The number of hydrogen-bond acceptors (Lipinski definition) is 4. The number of aromatic nitrogens is 3. The minimum Gasteiger partial charge on any atom is -0.333 e. The molecule has 1 N–H and O–H groups in total. The first-order valence-electron chi connectivity index (χ1n) is 6.92. The maximum absolute atomic E-state index is 12.3. The fourth-order valence-corrected chi connectivity index (χ4v) is 3.08. The number of nitrogens with one attached hydrogen (secondary N) is 1. The highest BCUT2D eigenvalue weighted by Gasteiger charge is 2.13. The number of imidazole rings is 1. The van der Waals surface area contributed by atoms with E-state index in [1.54, 1.807) is 12.5 Å². The molecule has 2 aromatic heterocycles. The second kappa shape index (κ2) is 6.11. The second-order valence-electron chi connectivity index (χ2n) is 5.04. The SMILES string of the molecule is Cc1nc(C)c(C(=O)Nc2cccc(Cn3ccnc3)c2)s1. The molecule has 0 saturated carbocycles. The van der Waals surface area contributed by atoms with E-state index in [1.165, 1.54) is 11.3 Å². The first-order valence-corrected chi connectivity index (χ1v) is 7.73. The van der Waals surface area contributed by atoms with Crippen LogP contribution in [0.2, 0.25) is 0 Å². The van der Waals surface area contributed by atoms with Crippen molar-refractivity contribution in [2.75, 3.05) is 5.32 Å². The van der Waals surface area contributed by atoms with Gasteiger partial charge in [0.1, 0.15) is 4.88 Å². The zero-order valence-electron chi connectivity index (χ0n) is 12.4. The lowest BCUT2D eigenvalue weighted by Gasteiger charge is -2.07. The monoisotopic (exact) mass is 312 g/mol. The van der Waals surface area contributed by atoms with Crippen molar-refractivity contribution < 1.29 is 4.79 Å². The van der Waals surface area contributed by atoms with Gasteiger partial charge in [-0.1, -0.05) is 12.1 Å². The molecular formula is C16H16N4OS. The Morgan fingerprint density at radius 2 is 2.23 bits per heavy atom. The molecule has 1 aromatic carbocycles. The van der Waals surface area contributed by atoms with Crippen molar-refractivity contribution in [1.82, 2.24) is 14.5 Å². The molecule has 6 heteroatoms. The van der Waals surface area contributed by atoms with Crippen LogP contribution in [0.1, 0.15) is 25.9 Å². The van der Waals surface area contributed by atoms with E-state index in [1.807, 2.05) is 48.9 Å². The Hall–Kier alpha value is -2.47. The summed E-state index contributed by atoms with van der Waals surface area (Å²) in [6.45, 7) is 4.48.